The Labute approximate surface area is 139 Å². The molecular weight excluding hydrogens is 292 g/mol. The highest BCUT2D eigenvalue weighted by molar-refractivity contribution is 5.81. The lowest BCUT2D eigenvalue weighted by Crippen LogP contribution is -2.46. The average molecular weight is 322 g/mol. The molecule has 5 nitrogen and oxygen atoms in total. The molecule has 4 rings (SSSR count). The minimum absolute atomic E-state index is 0.199. The van der Waals surface area contributed by atoms with Crippen LogP contribution in [0.25, 0.3) is 0 Å². The standard InChI is InChI=1S/C18H30N2O3/c21-18(20-7-9-22-10-8-20)16-11-15-5-6-19(13-17(15)23-16)12-14-3-1-2-4-14/h14-17H,1-13H2/t15-,16+,17-/m1/s1. The molecule has 0 N–H and O–H groups in total. The zero-order valence-electron chi connectivity index (χ0n) is 14.1. The molecule has 4 fully saturated rings. The number of ether oxygens (including phenoxy) is 2. The fourth-order valence-electron chi connectivity index (χ4n) is 4.86. The van der Waals surface area contributed by atoms with Crippen LogP contribution in [-0.4, -0.2) is 73.9 Å². The van der Waals surface area contributed by atoms with Crippen molar-refractivity contribution < 1.29 is 14.3 Å². The molecule has 0 radical (unpaired) electrons. The van der Waals surface area contributed by atoms with E-state index in [-0.39, 0.29) is 18.1 Å². The van der Waals surface area contributed by atoms with Crippen LogP contribution in [-0.2, 0) is 14.3 Å². The van der Waals surface area contributed by atoms with Gasteiger partial charge in [0.2, 0.25) is 0 Å². The number of amides is 1. The molecular formula is C18H30N2O3. The Morgan fingerprint density at radius 1 is 1.04 bits per heavy atom. The van der Waals surface area contributed by atoms with Gasteiger partial charge in [-0.3, -0.25) is 4.79 Å². The Morgan fingerprint density at radius 3 is 2.61 bits per heavy atom. The van der Waals surface area contributed by atoms with Gasteiger partial charge in [-0.1, -0.05) is 12.8 Å². The van der Waals surface area contributed by atoms with Crippen LogP contribution in [0.4, 0.5) is 0 Å². The van der Waals surface area contributed by atoms with Gasteiger partial charge in [-0.25, -0.2) is 0 Å². The highest BCUT2D eigenvalue weighted by Crippen LogP contribution is 2.35. The maximum absolute atomic E-state index is 12.6. The molecule has 0 aromatic heterocycles. The molecule has 0 bridgehead atoms. The largest absolute Gasteiger partial charge is 0.378 e. The summed E-state index contributed by atoms with van der Waals surface area (Å²) in [5.41, 5.74) is 0. The quantitative estimate of drug-likeness (QED) is 0.790. The number of carbonyl (C=O) groups is 1. The fourth-order valence-corrected chi connectivity index (χ4v) is 4.86. The Kier molecular flexibility index (Phi) is 4.88. The maximum Gasteiger partial charge on any atom is 0.251 e. The molecule has 1 saturated carbocycles. The normalized spacial score (nSPS) is 36.3. The van der Waals surface area contributed by atoms with E-state index in [0.29, 0.717) is 19.1 Å². The summed E-state index contributed by atoms with van der Waals surface area (Å²) in [5.74, 6) is 1.69. The summed E-state index contributed by atoms with van der Waals surface area (Å²) in [4.78, 5) is 17.2. The molecule has 4 aliphatic rings. The first-order valence-corrected chi connectivity index (χ1v) is 9.54. The van der Waals surface area contributed by atoms with Crippen LogP contribution in [0.15, 0.2) is 0 Å². The van der Waals surface area contributed by atoms with Crippen LogP contribution in [0.3, 0.4) is 0 Å². The summed E-state index contributed by atoms with van der Waals surface area (Å²) in [6.45, 7) is 6.26. The number of carbonyl (C=O) groups excluding carboxylic acids is 1. The van der Waals surface area contributed by atoms with Gasteiger partial charge in [-0.2, -0.15) is 0 Å². The van der Waals surface area contributed by atoms with Gasteiger partial charge in [0.15, 0.2) is 0 Å². The second kappa shape index (κ2) is 7.08. The summed E-state index contributed by atoms with van der Waals surface area (Å²) in [7, 11) is 0. The first-order valence-electron chi connectivity index (χ1n) is 9.54. The molecule has 0 aromatic carbocycles. The van der Waals surface area contributed by atoms with Crippen molar-refractivity contribution in [2.75, 3.05) is 45.9 Å². The Bertz CT molecular complexity index is 418. The summed E-state index contributed by atoms with van der Waals surface area (Å²) in [6.07, 6.45) is 7.85. The Balaban J connectivity index is 1.29. The summed E-state index contributed by atoms with van der Waals surface area (Å²) in [6, 6.07) is 0. The van der Waals surface area contributed by atoms with Gasteiger partial charge in [0.1, 0.15) is 6.10 Å². The predicted octanol–water partition coefficient (Wildman–Crippen LogP) is 1.51. The number of fused-ring (bicyclic) bond motifs is 1. The van der Waals surface area contributed by atoms with Crippen molar-refractivity contribution in [1.82, 2.24) is 9.80 Å². The SMILES string of the molecule is O=C([C@@H]1C[C@H]2CCN(CC3CCCC3)C[C@H]2O1)N1CCOCC1. The summed E-state index contributed by atoms with van der Waals surface area (Å²) >= 11 is 0. The molecule has 1 aliphatic carbocycles. The van der Waals surface area contributed by atoms with Gasteiger partial charge in [0.25, 0.3) is 5.91 Å². The molecule has 1 amide bonds. The minimum Gasteiger partial charge on any atom is -0.378 e. The third-order valence-corrected chi connectivity index (χ3v) is 6.23. The van der Waals surface area contributed by atoms with Crippen molar-refractivity contribution in [1.29, 1.82) is 0 Å². The number of rotatable bonds is 3. The number of hydrogen-bond acceptors (Lipinski definition) is 4. The smallest absolute Gasteiger partial charge is 0.251 e. The molecule has 3 atom stereocenters. The van der Waals surface area contributed by atoms with Crippen molar-refractivity contribution in [3.05, 3.63) is 0 Å². The third kappa shape index (κ3) is 3.57. The summed E-state index contributed by atoms with van der Waals surface area (Å²) in [5, 5.41) is 0. The lowest BCUT2D eigenvalue weighted by atomic mass is 9.91. The van der Waals surface area contributed by atoms with Gasteiger partial charge in [-0.15, -0.1) is 0 Å². The average Bonchev–Trinajstić information content (AvgIpc) is 3.24. The fraction of sp³-hybridized carbons (Fsp3) is 0.944. The molecule has 0 unspecified atom stereocenters. The molecule has 130 valence electrons. The zero-order chi connectivity index (χ0) is 15.6. The van der Waals surface area contributed by atoms with Gasteiger partial charge in [-0.05, 0) is 44.1 Å². The van der Waals surface area contributed by atoms with Crippen LogP contribution >= 0.6 is 0 Å². The maximum atomic E-state index is 12.6. The first kappa shape index (κ1) is 15.9. The van der Waals surface area contributed by atoms with Crippen LogP contribution < -0.4 is 0 Å². The number of piperidine rings is 1. The van der Waals surface area contributed by atoms with Crippen molar-refractivity contribution in [3.8, 4) is 0 Å². The number of likely N-dealkylation sites (tertiary alicyclic amines) is 1. The van der Waals surface area contributed by atoms with Gasteiger partial charge >= 0.3 is 0 Å². The molecule has 3 aliphatic heterocycles. The second-order valence-corrected chi connectivity index (χ2v) is 7.80. The van der Waals surface area contributed by atoms with E-state index in [1.165, 1.54) is 45.2 Å². The topological polar surface area (TPSA) is 42.0 Å². The molecule has 3 saturated heterocycles. The van der Waals surface area contributed by atoms with Crippen molar-refractivity contribution in [2.45, 2.75) is 50.7 Å². The minimum atomic E-state index is -0.200. The highest BCUT2D eigenvalue weighted by atomic mass is 16.5. The first-order chi connectivity index (χ1) is 11.3. The van der Waals surface area contributed by atoms with Crippen molar-refractivity contribution >= 4 is 5.91 Å². The van der Waals surface area contributed by atoms with Crippen LogP contribution in [0.5, 0.6) is 0 Å². The molecule has 5 heteroatoms. The number of morpholine rings is 1. The van der Waals surface area contributed by atoms with Gasteiger partial charge < -0.3 is 19.3 Å². The predicted molar refractivity (Wildman–Crippen MR) is 87.2 cm³/mol. The monoisotopic (exact) mass is 322 g/mol. The third-order valence-electron chi connectivity index (χ3n) is 6.23. The highest BCUT2D eigenvalue weighted by Gasteiger charge is 2.43. The van der Waals surface area contributed by atoms with Gasteiger partial charge in [0, 0.05) is 26.2 Å². The Hall–Kier alpha value is -0.650. The van der Waals surface area contributed by atoms with E-state index in [4.69, 9.17) is 9.47 Å². The van der Waals surface area contributed by atoms with Crippen LogP contribution in [0, 0.1) is 11.8 Å². The molecule has 3 heterocycles. The molecule has 23 heavy (non-hydrogen) atoms. The number of nitrogens with zero attached hydrogens (tertiary/aromatic N) is 2. The van der Waals surface area contributed by atoms with Crippen molar-refractivity contribution in [2.24, 2.45) is 11.8 Å². The lowest BCUT2D eigenvalue weighted by Gasteiger charge is -2.35. The van der Waals surface area contributed by atoms with Crippen LogP contribution in [0.2, 0.25) is 0 Å². The Morgan fingerprint density at radius 2 is 1.83 bits per heavy atom. The zero-order valence-corrected chi connectivity index (χ0v) is 14.1. The van der Waals surface area contributed by atoms with E-state index < -0.39 is 0 Å². The van der Waals surface area contributed by atoms with E-state index in [1.807, 2.05) is 4.90 Å². The van der Waals surface area contributed by atoms with Gasteiger partial charge in [0.05, 0.1) is 19.3 Å². The van der Waals surface area contributed by atoms with E-state index in [9.17, 15) is 4.79 Å². The molecule has 0 aromatic rings. The summed E-state index contributed by atoms with van der Waals surface area (Å²) < 4.78 is 11.5. The van der Waals surface area contributed by atoms with E-state index >= 15 is 0 Å². The number of hydrogen-bond donors (Lipinski definition) is 0. The van der Waals surface area contributed by atoms with E-state index in [2.05, 4.69) is 4.90 Å². The van der Waals surface area contributed by atoms with E-state index in [0.717, 1.165) is 32.0 Å². The van der Waals surface area contributed by atoms with E-state index in [1.54, 1.807) is 0 Å². The lowest BCUT2D eigenvalue weighted by molar-refractivity contribution is -0.147. The van der Waals surface area contributed by atoms with Crippen LogP contribution in [0.1, 0.15) is 38.5 Å². The van der Waals surface area contributed by atoms with Crippen molar-refractivity contribution in [3.63, 3.8) is 0 Å². The molecule has 0 spiro atoms. The second-order valence-electron chi connectivity index (χ2n) is 7.80.